The minimum atomic E-state index is 0.934. The Morgan fingerprint density at radius 3 is 2.78 bits per heavy atom. The van der Waals surface area contributed by atoms with E-state index in [0.29, 0.717) is 0 Å². The molecule has 0 aliphatic rings. The molecule has 0 fully saturated rings. The van der Waals surface area contributed by atoms with Gasteiger partial charge in [0.25, 0.3) is 0 Å². The lowest BCUT2D eigenvalue weighted by molar-refractivity contribution is 0.669. The van der Waals surface area contributed by atoms with Crippen molar-refractivity contribution in [2.24, 2.45) is 0 Å². The van der Waals surface area contributed by atoms with Crippen molar-refractivity contribution >= 4 is 46.0 Å². The first-order valence-electron chi connectivity index (χ1n) is 5.99. The van der Waals surface area contributed by atoms with Crippen molar-refractivity contribution in [2.75, 3.05) is 0 Å². The summed E-state index contributed by atoms with van der Waals surface area (Å²) in [7, 11) is 2.11. The van der Waals surface area contributed by atoms with Gasteiger partial charge in [0, 0.05) is 28.6 Å². The van der Waals surface area contributed by atoms with Gasteiger partial charge in [-0.25, -0.2) is 0 Å². The van der Waals surface area contributed by atoms with Crippen molar-refractivity contribution < 1.29 is 4.42 Å². The van der Waals surface area contributed by atoms with E-state index >= 15 is 0 Å². The Morgan fingerprint density at radius 2 is 1.83 bits per heavy atom. The molecule has 2 aromatic heterocycles. The number of furan rings is 1. The molecule has 2 nitrogen and oxygen atoms in total. The molecular formula is C15H10BNO. The molecule has 0 saturated carbocycles. The Balaban J connectivity index is 2.39. The van der Waals surface area contributed by atoms with Crippen molar-refractivity contribution in [1.82, 2.24) is 4.98 Å². The smallest absolute Gasteiger partial charge is 0.140 e. The molecule has 0 spiro atoms. The molecule has 84 valence electrons. The van der Waals surface area contributed by atoms with Gasteiger partial charge in [-0.15, -0.1) is 0 Å². The van der Waals surface area contributed by atoms with Crippen molar-refractivity contribution in [2.45, 2.75) is 0 Å². The fraction of sp³-hybridized carbons (Fsp3) is 0. The molecule has 0 aliphatic heterocycles. The van der Waals surface area contributed by atoms with Crippen LogP contribution in [0.15, 0.2) is 53.2 Å². The number of rotatable bonds is 0. The summed E-state index contributed by atoms with van der Waals surface area (Å²) in [6.45, 7) is 0. The van der Waals surface area contributed by atoms with E-state index in [1.807, 2.05) is 30.6 Å². The highest BCUT2D eigenvalue weighted by Gasteiger charge is 2.11. The topological polar surface area (TPSA) is 26.0 Å². The number of benzene rings is 2. The molecular weight excluding hydrogens is 221 g/mol. The highest BCUT2D eigenvalue weighted by Crippen LogP contribution is 2.32. The molecule has 0 bridgehead atoms. The molecule has 0 N–H and O–H groups in total. The molecule has 18 heavy (non-hydrogen) atoms. The first kappa shape index (κ1) is 9.72. The lowest BCUT2D eigenvalue weighted by Crippen LogP contribution is -2.03. The van der Waals surface area contributed by atoms with Gasteiger partial charge in [0.05, 0.1) is 0 Å². The summed E-state index contributed by atoms with van der Waals surface area (Å²) >= 11 is 0. The van der Waals surface area contributed by atoms with Crippen LogP contribution in [0.5, 0.6) is 0 Å². The van der Waals surface area contributed by atoms with Gasteiger partial charge < -0.3 is 4.42 Å². The van der Waals surface area contributed by atoms with Crippen molar-refractivity contribution in [3.05, 3.63) is 48.8 Å². The third-order valence-electron chi connectivity index (χ3n) is 3.49. The molecule has 3 heteroatoms. The predicted molar refractivity (Wildman–Crippen MR) is 77.2 cm³/mol. The van der Waals surface area contributed by atoms with Crippen LogP contribution in [-0.2, 0) is 0 Å². The van der Waals surface area contributed by atoms with Crippen LogP contribution >= 0.6 is 0 Å². The van der Waals surface area contributed by atoms with Gasteiger partial charge in [0.2, 0.25) is 0 Å². The Labute approximate surface area is 105 Å². The average Bonchev–Trinajstić information content (AvgIpc) is 2.77. The summed E-state index contributed by atoms with van der Waals surface area (Å²) in [5.74, 6) is 0. The van der Waals surface area contributed by atoms with Crippen molar-refractivity contribution in [3.63, 3.8) is 0 Å². The molecule has 4 aromatic rings. The van der Waals surface area contributed by atoms with Gasteiger partial charge in [-0.2, -0.15) is 0 Å². The highest BCUT2D eigenvalue weighted by atomic mass is 16.3. The standard InChI is InChI=1S/C15H10BNO/c16-12-7-14-15(11-8-17-6-5-9(11)12)10-3-1-2-4-13(10)18-14/h1-8H,16H2. The maximum Gasteiger partial charge on any atom is 0.140 e. The number of nitrogens with zero attached hydrogens (tertiary/aromatic N) is 1. The second-order valence-electron chi connectivity index (χ2n) is 4.59. The summed E-state index contributed by atoms with van der Waals surface area (Å²) in [5, 5.41) is 4.73. The van der Waals surface area contributed by atoms with Crippen molar-refractivity contribution in [1.29, 1.82) is 0 Å². The number of aromatic nitrogens is 1. The third kappa shape index (κ3) is 1.16. The minimum Gasteiger partial charge on any atom is -0.456 e. The van der Waals surface area contributed by atoms with E-state index in [0.717, 1.165) is 21.9 Å². The maximum absolute atomic E-state index is 5.91. The lowest BCUT2D eigenvalue weighted by Gasteiger charge is -2.02. The summed E-state index contributed by atoms with van der Waals surface area (Å²) in [5.41, 5.74) is 3.09. The Hall–Kier alpha value is -2.29. The molecule has 0 aliphatic carbocycles. The number of para-hydroxylation sites is 1. The van der Waals surface area contributed by atoms with Crippen LogP contribution < -0.4 is 5.46 Å². The van der Waals surface area contributed by atoms with E-state index in [9.17, 15) is 0 Å². The SMILES string of the molecule is Bc1cc2oc3ccccc3c2c2cnccc12. The molecule has 4 rings (SSSR count). The second-order valence-corrected chi connectivity index (χ2v) is 4.59. The second kappa shape index (κ2) is 3.36. The summed E-state index contributed by atoms with van der Waals surface area (Å²) < 4.78 is 5.91. The van der Waals surface area contributed by atoms with Crippen LogP contribution in [-0.4, -0.2) is 12.8 Å². The van der Waals surface area contributed by atoms with Crippen LogP contribution in [0.4, 0.5) is 0 Å². The number of hydrogen-bond donors (Lipinski definition) is 0. The van der Waals surface area contributed by atoms with E-state index < -0.39 is 0 Å². The average molecular weight is 231 g/mol. The van der Waals surface area contributed by atoms with Crippen molar-refractivity contribution in [3.8, 4) is 0 Å². The van der Waals surface area contributed by atoms with E-state index in [2.05, 4.69) is 31.0 Å². The first-order valence-corrected chi connectivity index (χ1v) is 5.99. The largest absolute Gasteiger partial charge is 0.456 e. The van der Waals surface area contributed by atoms with Crippen LogP contribution in [0.1, 0.15) is 0 Å². The highest BCUT2D eigenvalue weighted by molar-refractivity contribution is 6.41. The zero-order valence-corrected chi connectivity index (χ0v) is 9.97. The van der Waals surface area contributed by atoms with Crippen LogP contribution in [0, 0.1) is 0 Å². The van der Waals surface area contributed by atoms with Crippen LogP contribution in [0.25, 0.3) is 32.7 Å². The van der Waals surface area contributed by atoms with Gasteiger partial charge in [-0.3, -0.25) is 4.98 Å². The molecule has 0 amide bonds. The zero-order chi connectivity index (χ0) is 12.1. The van der Waals surface area contributed by atoms with E-state index in [1.165, 1.54) is 16.2 Å². The Bertz CT molecular complexity index is 895. The molecule has 2 aromatic carbocycles. The summed E-state index contributed by atoms with van der Waals surface area (Å²) in [6.07, 6.45) is 3.76. The minimum absolute atomic E-state index is 0.934. The summed E-state index contributed by atoms with van der Waals surface area (Å²) in [6, 6.07) is 12.3. The molecule has 2 heterocycles. The Morgan fingerprint density at radius 1 is 0.944 bits per heavy atom. The van der Waals surface area contributed by atoms with Gasteiger partial charge >= 0.3 is 0 Å². The quantitative estimate of drug-likeness (QED) is 0.434. The monoisotopic (exact) mass is 231 g/mol. The first-order chi connectivity index (χ1) is 8.84. The molecule has 0 unspecified atom stereocenters. The predicted octanol–water partition coefficient (Wildman–Crippen LogP) is 2.39. The number of hydrogen-bond acceptors (Lipinski definition) is 2. The normalized spacial score (nSPS) is 11.6. The van der Waals surface area contributed by atoms with Gasteiger partial charge in [-0.1, -0.05) is 23.7 Å². The zero-order valence-electron chi connectivity index (χ0n) is 9.97. The fourth-order valence-electron chi connectivity index (χ4n) is 2.66. The van der Waals surface area contributed by atoms with Crippen LogP contribution in [0.3, 0.4) is 0 Å². The van der Waals surface area contributed by atoms with Gasteiger partial charge in [0.1, 0.15) is 19.0 Å². The van der Waals surface area contributed by atoms with E-state index in [1.54, 1.807) is 0 Å². The Kier molecular flexibility index (Phi) is 1.81. The molecule has 0 atom stereocenters. The number of fused-ring (bicyclic) bond motifs is 5. The van der Waals surface area contributed by atoms with Crippen LogP contribution in [0.2, 0.25) is 0 Å². The maximum atomic E-state index is 5.91. The van der Waals surface area contributed by atoms with E-state index in [-0.39, 0.29) is 0 Å². The molecule has 0 saturated heterocycles. The molecule has 0 radical (unpaired) electrons. The summed E-state index contributed by atoms with van der Waals surface area (Å²) in [4.78, 5) is 4.25. The van der Waals surface area contributed by atoms with Gasteiger partial charge in [0.15, 0.2) is 0 Å². The lowest BCUT2D eigenvalue weighted by atomic mass is 9.89. The fourth-order valence-corrected chi connectivity index (χ4v) is 2.66. The third-order valence-corrected chi connectivity index (χ3v) is 3.49. The van der Waals surface area contributed by atoms with E-state index in [4.69, 9.17) is 4.42 Å². The van der Waals surface area contributed by atoms with Gasteiger partial charge in [-0.05, 0) is 23.6 Å². The number of pyridine rings is 1.